The first-order valence-electron chi connectivity index (χ1n) is 10.5. The monoisotopic (exact) mass is 472 g/mol. The summed E-state index contributed by atoms with van der Waals surface area (Å²) in [4.78, 5) is 51.2. The fourth-order valence-corrected chi connectivity index (χ4v) is 4.53. The minimum atomic E-state index is -0.231. The second-order valence-corrected chi connectivity index (χ2v) is 8.67. The number of carbonyl (C=O) groups excluding carboxylic acids is 3. The van der Waals surface area contributed by atoms with E-state index in [-0.39, 0.29) is 30.7 Å². The van der Waals surface area contributed by atoms with Gasteiger partial charge < -0.3 is 20.5 Å². The SMILES string of the molecule is CC(=O)Nc1cc(-c2[nH]c3c(c2Nc2ccccc2)C(=O)CN(C(=O)c2cncs2)C3)ccn1. The lowest BCUT2D eigenvalue weighted by molar-refractivity contribution is -0.114. The Kier molecular flexibility index (Phi) is 5.64. The summed E-state index contributed by atoms with van der Waals surface area (Å²) in [5.41, 5.74) is 5.59. The molecule has 170 valence electrons. The Balaban J connectivity index is 1.58. The summed E-state index contributed by atoms with van der Waals surface area (Å²) < 4.78 is 0. The largest absolute Gasteiger partial charge is 0.355 e. The van der Waals surface area contributed by atoms with E-state index in [2.05, 4.69) is 25.6 Å². The van der Waals surface area contributed by atoms with E-state index < -0.39 is 0 Å². The number of para-hydroxylation sites is 1. The molecule has 34 heavy (non-hydrogen) atoms. The Bertz CT molecular complexity index is 1380. The van der Waals surface area contributed by atoms with Crippen LogP contribution < -0.4 is 10.6 Å². The van der Waals surface area contributed by atoms with Crippen molar-refractivity contribution >= 4 is 46.1 Å². The minimum Gasteiger partial charge on any atom is -0.355 e. The molecule has 5 rings (SSSR count). The van der Waals surface area contributed by atoms with Crippen LogP contribution in [0.4, 0.5) is 17.2 Å². The highest BCUT2D eigenvalue weighted by Crippen LogP contribution is 2.38. The van der Waals surface area contributed by atoms with E-state index in [1.165, 1.54) is 29.4 Å². The predicted octanol–water partition coefficient (Wildman–Crippen LogP) is 4.07. The summed E-state index contributed by atoms with van der Waals surface area (Å²) in [6, 6.07) is 13.1. The van der Waals surface area contributed by atoms with E-state index in [4.69, 9.17) is 0 Å². The zero-order valence-corrected chi connectivity index (χ0v) is 19.0. The highest BCUT2D eigenvalue weighted by atomic mass is 32.1. The molecule has 0 atom stereocenters. The van der Waals surface area contributed by atoms with Crippen molar-refractivity contribution in [1.82, 2.24) is 19.9 Å². The number of hydrogen-bond acceptors (Lipinski definition) is 7. The number of H-pyrrole nitrogens is 1. The third-order valence-electron chi connectivity index (χ3n) is 5.37. The number of aromatic amines is 1. The molecule has 0 bridgehead atoms. The molecule has 3 N–H and O–H groups in total. The van der Waals surface area contributed by atoms with E-state index in [9.17, 15) is 14.4 Å². The normalized spacial score (nSPS) is 12.9. The van der Waals surface area contributed by atoms with Gasteiger partial charge in [0, 0.05) is 30.1 Å². The van der Waals surface area contributed by atoms with Crippen LogP contribution in [0.5, 0.6) is 0 Å². The van der Waals surface area contributed by atoms with Gasteiger partial charge in [-0.3, -0.25) is 19.4 Å². The molecule has 4 aromatic rings. The highest BCUT2D eigenvalue weighted by molar-refractivity contribution is 7.11. The molecule has 0 saturated heterocycles. The molecule has 0 unspecified atom stereocenters. The zero-order valence-electron chi connectivity index (χ0n) is 18.2. The molecule has 1 aliphatic heterocycles. The van der Waals surface area contributed by atoms with Crippen molar-refractivity contribution in [2.45, 2.75) is 13.5 Å². The second kappa shape index (κ2) is 8.91. The second-order valence-electron chi connectivity index (χ2n) is 7.78. The van der Waals surface area contributed by atoms with Crippen LogP contribution in [0.3, 0.4) is 0 Å². The van der Waals surface area contributed by atoms with E-state index in [1.807, 2.05) is 30.3 Å². The molecule has 1 aromatic carbocycles. The molecule has 4 heterocycles. The molecule has 0 fully saturated rings. The fourth-order valence-electron chi connectivity index (χ4n) is 3.94. The number of benzene rings is 1. The molecule has 0 aliphatic carbocycles. The third-order valence-corrected chi connectivity index (χ3v) is 6.13. The molecule has 10 heteroatoms. The molecule has 0 spiro atoms. The molecule has 0 saturated carbocycles. The number of thiazole rings is 1. The number of pyridine rings is 1. The lowest BCUT2D eigenvalue weighted by Gasteiger charge is -2.26. The quantitative estimate of drug-likeness (QED) is 0.403. The fraction of sp³-hybridized carbons (Fsp3) is 0.125. The van der Waals surface area contributed by atoms with Gasteiger partial charge in [0.15, 0.2) is 5.78 Å². The van der Waals surface area contributed by atoms with Crippen LogP contribution in [0.15, 0.2) is 60.4 Å². The topological polar surface area (TPSA) is 120 Å². The smallest absolute Gasteiger partial charge is 0.266 e. The van der Waals surface area contributed by atoms with E-state index in [0.29, 0.717) is 33.3 Å². The van der Waals surface area contributed by atoms with Crippen LogP contribution in [0, 0.1) is 0 Å². The van der Waals surface area contributed by atoms with Crippen LogP contribution in [-0.4, -0.2) is 44.0 Å². The van der Waals surface area contributed by atoms with Crippen molar-refractivity contribution in [2.24, 2.45) is 0 Å². The lowest BCUT2D eigenvalue weighted by atomic mass is 10.0. The van der Waals surface area contributed by atoms with Gasteiger partial charge in [0.05, 0.1) is 41.7 Å². The standard InChI is InChI=1S/C24H20N6O3S/c1-14(31)27-20-9-15(7-8-26-20)22-23(28-16-5-3-2-4-6-16)21-17(29-22)11-30(12-18(21)32)24(33)19-10-25-13-34-19/h2-10,13,28-29H,11-12H2,1H3,(H,26,27,31). The Hall–Kier alpha value is -4.31. The maximum atomic E-state index is 13.3. The average Bonchev–Trinajstić information content (AvgIpc) is 3.48. The van der Waals surface area contributed by atoms with Crippen molar-refractivity contribution in [1.29, 1.82) is 0 Å². The summed E-state index contributed by atoms with van der Waals surface area (Å²) in [5.74, 6) is -0.231. The van der Waals surface area contributed by atoms with E-state index >= 15 is 0 Å². The molecule has 1 aliphatic rings. The summed E-state index contributed by atoms with van der Waals surface area (Å²) >= 11 is 1.24. The zero-order chi connectivity index (χ0) is 23.7. The van der Waals surface area contributed by atoms with Crippen molar-refractivity contribution in [3.8, 4) is 11.3 Å². The van der Waals surface area contributed by atoms with Crippen molar-refractivity contribution in [2.75, 3.05) is 17.2 Å². The first-order valence-corrected chi connectivity index (χ1v) is 11.4. The van der Waals surface area contributed by atoms with Crippen molar-refractivity contribution < 1.29 is 14.4 Å². The Morgan fingerprint density at radius 1 is 1.15 bits per heavy atom. The van der Waals surface area contributed by atoms with E-state index in [1.54, 1.807) is 23.8 Å². The number of hydrogen-bond donors (Lipinski definition) is 3. The summed E-state index contributed by atoms with van der Waals surface area (Å²) in [6.45, 7) is 1.64. The number of anilines is 3. The van der Waals surface area contributed by atoms with Gasteiger partial charge in [-0.2, -0.15) is 0 Å². The number of aromatic nitrogens is 3. The van der Waals surface area contributed by atoms with Gasteiger partial charge in [0.25, 0.3) is 5.91 Å². The van der Waals surface area contributed by atoms with Crippen LogP contribution in [0.2, 0.25) is 0 Å². The van der Waals surface area contributed by atoms with Gasteiger partial charge in [0.1, 0.15) is 10.7 Å². The van der Waals surface area contributed by atoms with Crippen molar-refractivity contribution in [3.63, 3.8) is 0 Å². The first-order chi connectivity index (χ1) is 16.5. The number of ketones is 1. The number of amides is 2. The Morgan fingerprint density at radius 3 is 2.71 bits per heavy atom. The van der Waals surface area contributed by atoms with Gasteiger partial charge in [-0.1, -0.05) is 18.2 Å². The number of nitrogens with one attached hydrogen (secondary N) is 3. The maximum Gasteiger partial charge on any atom is 0.266 e. The Morgan fingerprint density at radius 2 is 1.97 bits per heavy atom. The van der Waals surface area contributed by atoms with E-state index in [0.717, 1.165) is 11.3 Å². The average molecular weight is 473 g/mol. The molecule has 0 radical (unpaired) electrons. The first kappa shape index (κ1) is 21.5. The molecule has 9 nitrogen and oxygen atoms in total. The van der Waals surface area contributed by atoms with Crippen molar-refractivity contribution in [3.05, 3.63) is 76.5 Å². The van der Waals surface area contributed by atoms with Gasteiger partial charge in [-0.05, 0) is 24.3 Å². The van der Waals surface area contributed by atoms with Gasteiger partial charge in [-0.25, -0.2) is 4.98 Å². The number of carbonyl (C=O) groups is 3. The summed E-state index contributed by atoms with van der Waals surface area (Å²) in [5, 5.41) is 6.05. The van der Waals surface area contributed by atoms with Gasteiger partial charge >= 0.3 is 0 Å². The number of rotatable bonds is 5. The van der Waals surface area contributed by atoms with Crippen LogP contribution >= 0.6 is 11.3 Å². The highest BCUT2D eigenvalue weighted by Gasteiger charge is 2.33. The predicted molar refractivity (Wildman–Crippen MR) is 129 cm³/mol. The molecular weight excluding hydrogens is 452 g/mol. The molecular formula is C24H20N6O3S. The number of Topliss-reactive ketones (excluding diaryl/α,β-unsaturated/α-hetero) is 1. The lowest BCUT2D eigenvalue weighted by Crippen LogP contribution is -2.39. The van der Waals surface area contributed by atoms with Crippen LogP contribution in [0.25, 0.3) is 11.3 Å². The minimum absolute atomic E-state index is 0.0298. The summed E-state index contributed by atoms with van der Waals surface area (Å²) in [7, 11) is 0. The number of nitrogens with zero attached hydrogens (tertiary/aromatic N) is 3. The van der Waals surface area contributed by atoms with Gasteiger partial charge in [-0.15, -0.1) is 11.3 Å². The van der Waals surface area contributed by atoms with Gasteiger partial charge in [0.2, 0.25) is 5.91 Å². The van der Waals surface area contributed by atoms with Crippen LogP contribution in [-0.2, 0) is 11.3 Å². The molecule has 2 amide bonds. The maximum absolute atomic E-state index is 13.3. The summed E-state index contributed by atoms with van der Waals surface area (Å²) in [6.07, 6.45) is 3.10. The number of fused-ring (bicyclic) bond motifs is 1. The Labute approximate surface area is 198 Å². The molecule has 3 aromatic heterocycles. The van der Waals surface area contributed by atoms with Crippen LogP contribution in [0.1, 0.15) is 32.6 Å². The third kappa shape index (κ3) is 4.18.